The van der Waals surface area contributed by atoms with Gasteiger partial charge in [-0.2, -0.15) is 0 Å². The first-order valence-electron chi connectivity index (χ1n) is 32.4. The van der Waals surface area contributed by atoms with Crippen LogP contribution >= 0.6 is 31.3 Å². The Balaban J connectivity index is 1.45. The van der Waals surface area contributed by atoms with Gasteiger partial charge in [0, 0.05) is 148 Å². The molecule has 4 saturated heterocycles. The molecule has 0 radical (unpaired) electrons. The van der Waals surface area contributed by atoms with Gasteiger partial charge in [0.2, 0.25) is 23.6 Å². The highest BCUT2D eigenvalue weighted by molar-refractivity contribution is 7.49. The summed E-state index contributed by atoms with van der Waals surface area (Å²) in [6, 6.07) is 0. The number of aliphatic hydroxyl groups is 12. The van der Waals surface area contributed by atoms with Crippen molar-refractivity contribution in [2.24, 2.45) is 0 Å². The first-order chi connectivity index (χ1) is 49.2. The SMILES string of the molecule is COP(=O)(OC)OC[C@H]1O[C@H](OCCNC(=O)CCN(CCC(=O)NCCO[C@H]2O[C@H](COP(=O)(OC)OC)[C@@H](O)[C@H](O)[C@@H]2O)CCN(CCC(=O)NCCO[C@H]2O[C@H](COP(=O)(OC)OC)[C@@H](O)[C@H](O)[C@@H]2O)CCC(=O)NCCO[C@H]2O[C@H](COP(=O)(OC)OC)[C@@H](O)[C@H](O)[C@@H]2O)[C@@H](O)[C@@H](O)[C@@H]1O. The molecule has 16 N–H and O–H groups in total. The summed E-state index contributed by atoms with van der Waals surface area (Å²) in [4.78, 5) is 57.0. The van der Waals surface area contributed by atoms with Crippen LogP contribution in [0.1, 0.15) is 25.7 Å². The quantitative estimate of drug-likeness (QED) is 0.0199. The van der Waals surface area contributed by atoms with Gasteiger partial charge in [0.1, 0.15) is 97.7 Å². The molecule has 50 heteroatoms. The first kappa shape index (κ1) is 93.8. The van der Waals surface area contributed by atoms with Gasteiger partial charge >= 0.3 is 31.3 Å². The number of hydrogen-bond acceptors (Lipinski definition) is 42. The molecule has 4 aliphatic rings. The van der Waals surface area contributed by atoms with E-state index in [1.165, 1.54) is 0 Å². The van der Waals surface area contributed by atoms with E-state index in [-0.39, 0.29) is 118 Å². The molecule has 46 nitrogen and oxygen atoms in total. The van der Waals surface area contributed by atoms with Crippen molar-refractivity contribution >= 4 is 54.9 Å². The lowest BCUT2D eigenvalue weighted by molar-refractivity contribution is -0.299. The molecule has 4 fully saturated rings. The molecular formula is C54H104N6O40P4. The summed E-state index contributed by atoms with van der Waals surface area (Å²) >= 11 is 0. The summed E-state index contributed by atoms with van der Waals surface area (Å²) in [6.07, 6.45) is -34.1. The number of nitrogens with zero attached hydrogens (tertiary/aromatic N) is 2. The van der Waals surface area contributed by atoms with Gasteiger partial charge in [-0.25, -0.2) is 18.3 Å². The number of hydrogen-bond donors (Lipinski definition) is 16. The van der Waals surface area contributed by atoms with Crippen molar-refractivity contribution in [3.8, 4) is 0 Å². The van der Waals surface area contributed by atoms with Gasteiger partial charge in [-0.05, 0) is 0 Å². The molecule has 0 bridgehead atoms. The molecule has 0 aliphatic carbocycles. The molecule has 4 aliphatic heterocycles. The highest BCUT2D eigenvalue weighted by Crippen LogP contribution is 2.50. The number of phosphoric acid groups is 4. The minimum absolute atomic E-state index is 0.0321. The van der Waals surface area contributed by atoms with Crippen molar-refractivity contribution in [3.63, 3.8) is 0 Å². The van der Waals surface area contributed by atoms with Crippen LogP contribution in [0.15, 0.2) is 0 Å². The second-order valence-electron chi connectivity index (χ2n) is 23.1. The molecule has 0 aromatic carbocycles. The predicted octanol–water partition coefficient (Wildman–Crippen LogP) is -7.42. The fourth-order valence-corrected chi connectivity index (χ4v) is 12.7. The second-order valence-corrected chi connectivity index (χ2v) is 30.6. The van der Waals surface area contributed by atoms with Crippen LogP contribution in [0, 0.1) is 0 Å². The number of ether oxygens (including phenoxy) is 8. The number of carbonyl (C=O) groups excluding carboxylic acids is 4. The Kier molecular flexibility index (Phi) is 42.4. The largest absolute Gasteiger partial charge is 0.474 e. The van der Waals surface area contributed by atoms with Crippen LogP contribution in [0.25, 0.3) is 0 Å². The molecule has 4 heterocycles. The molecule has 0 saturated carbocycles. The molecule has 0 unspecified atom stereocenters. The smallest absolute Gasteiger partial charge is 0.387 e. The van der Waals surface area contributed by atoms with Crippen molar-refractivity contribution in [3.05, 3.63) is 0 Å². The Morgan fingerprint density at radius 1 is 0.298 bits per heavy atom. The summed E-state index contributed by atoms with van der Waals surface area (Å²) < 4.78 is 152. The van der Waals surface area contributed by atoms with Gasteiger partial charge in [0.05, 0.1) is 52.9 Å². The lowest BCUT2D eigenvalue weighted by Crippen LogP contribution is -2.59. The molecule has 0 spiro atoms. The first-order valence-corrected chi connectivity index (χ1v) is 38.3. The molecule has 0 aromatic heterocycles. The van der Waals surface area contributed by atoms with E-state index in [0.717, 1.165) is 56.9 Å². The van der Waals surface area contributed by atoms with Crippen LogP contribution in [-0.2, 0) is 130 Å². The maximum absolute atomic E-state index is 13.4. The lowest BCUT2D eigenvalue weighted by atomic mass is 9.99. The van der Waals surface area contributed by atoms with Gasteiger partial charge in [-0.15, -0.1) is 0 Å². The molecule has 4 amide bonds. The van der Waals surface area contributed by atoms with E-state index in [1.807, 2.05) is 0 Å². The van der Waals surface area contributed by atoms with Gasteiger partial charge in [0.25, 0.3) is 0 Å². The molecule has 4 rings (SSSR count). The van der Waals surface area contributed by atoms with Crippen molar-refractivity contribution < 1.29 is 191 Å². The predicted molar refractivity (Wildman–Crippen MR) is 344 cm³/mol. The highest BCUT2D eigenvalue weighted by atomic mass is 31.2. The fraction of sp³-hybridized carbons (Fsp3) is 0.926. The van der Waals surface area contributed by atoms with Crippen LogP contribution in [0.3, 0.4) is 0 Å². The Hall–Kier alpha value is -2.56. The molecule has 610 valence electrons. The second kappa shape index (κ2) is 47.0. The zero-order valence-corrected chi connectivity index (χ0v) is 62.2. The fourth-order valence-electron chi connectivity index (χ4n) is 9.95. The Bertz CT molecular complexity index is 2360. The average molecular weight is 1600 g/mol. The van der Waals surface area contributed by atoms with E-state index in [0.29, 0.717) is 0 Å². The maximum Gasteiger partial charge on any atom is 0.474 e. The van der Waals surface area contributed by atoms with Crippen molar-refractivity contribution in [2.75, 3.05) is 175 Å². The summed E-state index contributed by atoms with van der Waals surface area (Å²) in [6.45, 7) is -4.59. The highest BCUT2D eigenvalue weighted by Gasteiger charge is 2.49. The topological polar surface area (TPSA) is 619 Å². The van der Waals surface area contributed by atoms with Gasteiger partial charge in [-0.1, -0.05) is 0 Å². The number of amides is 4. The van der Waals surface area contributed by atoms with E-state index in [2.05, 4.69) is 21.3 Å². The van der Waals surface area contributed by atoms with E-state index in [1.54, 1.807) is 9.80 Å². The van der Waals surface area contributed by atoms with Crippen LogP contribution in [0.4, 0.5) is 0 Å². The van der Waals surface area contributed by atoms with Gasteiger partial charge in [0.15, 0.2) is 25.2 Å². The molecule has 20 atom stereocenters. The molecular weight excluding hydrogens is 1500 g/mol. The van der Waals surface area contributed by atoms with Crippen molar-refractivity contribution in [1.29, 1.82) is 0 Å². The number of phosphoric ester groups is 4. The minimum Gasteiger partial charge on any atom is -0.387 e. The molecule has 0 aromatic rings. The third kappa shape index (κ3) is 30.3. The summed E-state index contributed by atoms with van der Waals surface area (Å²) in [7, 11) is -7.91. The zero-order chi connectivity index (χ0) is 77.5. The summed E-state index contributed by atoms with van der Waals surface area (Å²) in [5.41, 5.74) is 0. The number of nitrogens with one attached hydrogen (secondary N) is 4. The van der Waals surface area contributed by atoms with Crippen molar-refractivity contribution in [2.45, 2.75) is 149 Å². The lowest BCUT2D eigenvalue weighted by Gasteiger charge is -2.40. The van der Waals surface area contributed by atoms with Gasteiger partial charge in [-0.3, -0.25) is 73.5 Å². The minimum atomic E-state index is -4.06. The number of carbonyl (C=O) groups is 4. The number of aliphatic hydroxyl groups excluding tert-OH is 12. The zero-order valence-electron chi connectivity index (χ0n) is 58.6. The Labute approximate surface area is 598 Å². The Morgan fingerprint density at radius 3 is 0.654 bits per heavy atom. The van der Waals surface area contributed by atoms with E-state index >= 15 is 0 Å². The molecule has 104 heavy (non-hydrogen) atoms. The van der Waals surface area contributed by atoms with Gasteiger partial charge < -0.3 is 130 Å². The maximum atomic E-state index is 13.4. The third-order valence-electron chi connectivity index (χ3n) is 16.2. The van der Waals surface area contributed by atoms with Crippen molar-refractivity contribution in [1.82, 2.24) is 31.1 Å². The third-order valence-corrected chi connectivity index (χ3v) is 21.7. The normalized spacial score (nSPS) is 30.2. The Morgan fingerprint density at radius 2 is 0.481 bits per heavy atom. The van der Waals surface area contributed by atoms with E-state index < -0.39 is 204 Å². The van der Waals surface area contributed by atoms with Crippen LogP contribution < -0.4 is 21.3 Å². The van der Waals surface area contributed by atoms with Crippen LogP contribution in [0.2, 0.25) is 0 Å². The van der Waals surface area contributed by atoms with Crippen LogP contribution in [0.5, 0.6) is 0 Å². The summed E-state index contributed by atoms with van der Waals surface area (Å²) in [5.74, 6) is -2.20. The number of rotatable bonds is 51. The standard InChI is InChI=1S/C54H104N6O40P4/c1-81-101(77,82-2)93-27-31-39(65)43(69)47(73)51(97-31)89-23-13-55-35(61)9-17-59(18-10-36(62)56-14-24-90-52-48(74)44(70)40(66)32(98-52)28-94-102(78,83-3)84-4)21-22-60(19-11-37(63)57-15-25-91-53-49(75)45(71)41(67)33(99-53)29-95-103(79,85-5)86-6)20-12-38(64)58-16-26-92-54-50(76)46(72)42(68)34(100-54)30-96-104(80,87-7)88-8/h31-34,39-54,65-76H,9-30H2,1-8H3,(H,55,61)(H,56,62)(H,57,63)(H,58,64)/t31-,32-,33-,34-,39-,40-,41-,42-,43+,44+,45+,46+,47+,48+,49+,50+,51+,52+,53+,54+/m1/s1. The monoisotopic (exact) mass is 1600 g/mol. The van der Waals surface area contributed by atoms with E-state index in [9.17, 15) is 98.7 Å². The average Bonchev–Trinajstić information content (AvgIpc) is 0.832. The summed E-state index contributed by atoms with van der Waals surface area (Å²) in [5, 5.41) is 137. The van der Waals surface area contributed by atoms with Crippen LogP contribution in [-0.4, -0.2) is 393 Å². The van der Waals surface area contributed by atoms with E-state index in [4.69, 9.17) is 92.2 Å².